The number of rotatable bonds is 4. The van der Waals surface area contributed by atoms with E-state index in [9.17, 15) is 4.39 Å². The number of nitrogens with zero attached hydrogens (tertiary/aromatic N) is 1. The normalized spacial score (nSPS) is 17.9. The topological polar surface area (TPSA) is 15.3 Å². The first-order valence-corrected chi connectivity index (χ1v) is 7.36. The molecule has 2 rings (SSSR count). The molecule has 1 aliphatic heterocycles. The molecule has 2 nitrogen and oxygen atoms in total. The molecule has 1 N–H and O–H groups in total. The van der Waals surface area contributed by atoms with Gasteiger partial charge in [-0.05, 0) is 57.1 Å². The molecule has 1 heterocycles. The highest BCUT2D eigenvalue weighted by Crippen LogP contribution is 2.30. The fraction of sp³-hybridized carbons (Fsp3) is 0.571. The SMILES string of the molecule is CNCC1CCN(Cc2ccc(F)c(Cl)c2Cl)CC1. The van der Waals surface area contributed by atoms with E-state index < -0.39 is 5.82 Å². The van der Waals surface area contributed by atoms with Gasteiger partial charge >= 0.3 is 0 Å². The van der Waals surface area contributed by atoms with E-state index in [4.69, 9.17) is 23.2 Å². The van der Waals surface area contributed by atoms with Crippen molar-refractivity contribution in [2.75, 3.05) is 26.7 Å². The summed E-state index contributed by atoms with van der Waals surface area (Å²) in [5.74, 6) is 0.302. The molecule has 0 atom stereocenters. The molecule has 0 saturated carbocycles. The summed E-state index contributed by atoms with van der Waals surface area (Å²) in [6.45, 7) is 3.93. The largest absolute Gasteiger partial charge is 0.319 e. The monoisotopic (exact) mass is 304 g/mol. The average molecular weight is 305 g/mol. The van der Waals surface area contributed by atoms with Gasteiger partial charge in [-0.25, -0.2) is 4.39 Å². The van der Waals surface area contributed by atoms with Crippen LogP contribution in [0.5, 0.6) is 0 Å². The maximum absolute atomic E-state index is 13.2. The number of piperidine rings is 1. The van der Waals surface area contributed by atoms with Gasteiger partial charge in [0.1, 0.15) is 5.82 Å². The van der Waals surface area contributed by atoms with Crippen molar-refractivity contribution in [3.63, 3.8) is 0 Å². The second-order valence-corrected chi connectivity index (χ2v) is 5.87. The Morgan fingerprint density at radius 3 is 2.58 bits per heavy atom. The lowest BCUT2D eigenvalue weighted by molar-refractivity contribution is 0.177. The summed E-state index contributed by atoms with van der Waals surface area (Å²) >= 11 is 11.9. The average Bonchev–Trinajstić information content (AvgIpc) is 2.42. The zero-order chi connectivity index (χ0) is 13.8. The van der Waals surface area contributed by atoms with Crippen molar-refractivity contribution in [1.29, 1.82) is 0 Å². The molecule has 0 aliphatic carbocycles. The fourth-order valence-electron chi connectivity index (χ4n) is 2.57. The summed E-state index contributed by atoms with van der Waals surface area (Å²) < 4.78 is 13.2. The van der Waals surface area contributed by atoms with Crippen molar-refractivity contribution in [2.45, 2.75) is 19.4 Å². The van der Waals surface area contributed by atoms with Crippen molar-refractivity contribution in [2.24, 2.45) is 5.92 Å². The van der Waals surface area contributed by atoms with Crippen LogP contribution in [0.4, 0.5) is 4.39 Å². The fourth-order valence-corrected chi connectivity index (χ4v) is 2.96. The van der Waals surface area contributed by atoms with Crippen LogP contribution in [0.1, 0.15) is 18.4 Å². The molecule has 1 aromatic rings. The van der Waals surface area contributed by atoms with Crippen LogP contribution in [0, 0.1) is 11.7 Å². The lowest BCUT2D eigenvalue weighted by Crippen LogP contribution is -2.36. The van der Waals surface area contributed by atoms with Crippen molar-refractivity contribution in [3.8, 4) is 0 Å². The summed E-state index contributed by atoms with van der Waals surface area (Å²) in [6.07, 6.45) is 2.38. The maximum atomic E-state index is 13.2. The first-order chi connectivity index (χ1) is 9.11. The van der Waals surface area contributed by atoms with E-state index >= 15 is 0 Å². The third kappa shape index (κ3) is 3.82. The minimum Gasteiger partial charge on any atom is -0.319 e. The molecule has 0 unspecified atom stereocenters. The summed E-state index contributed by atoms with van der Waals surface area (Å²) in [4.78, 5) is 2.35. The second-order valence-electron chi connectivity index (χ2n) is 5.11. The predicted octanol–water partition coefficient (Wildman–Crippen LogP) is 3.56. The van der Waals surface area contributed by atoms with Crippen molar-refractivity contribution < 1.29 is 4.39 Å². The Kier molecular flexibility index (Phi) is 5.46. The number of hydrogen-bond donors (Lipinski definition) is 1. The highest BCUT2D eigenvalue weighted by molar-refractivity contribution is 6.42. The molecule has 1 aliphatic rings. The maximum Gasteiger partial charge on any atom is 0.143 e. The molecule has 1 fully saturated rings. The first kappa shape index (κ1) is 15.0. The van der Waals surface area contributed by atoms with Crippen LogP contribution >= 0.6 is 23.2 Å². The van der Waals surface area contributed by atoms with Crippen LogP contribution in [-0.2, 0) is 6.54 Å². The number of halogens is 3. The second kappa shape index (κ2) is 6.89. The molecular formula is C14H19Cl2FN2. The summed E-state index contributed by atoms with van der Waals surface area (Å²) in [6, 6.07) is 3.11. The summed E-state index contributed by atoms with van der Waals surface area (Å²) in [5.41, 5.74) is 0.903. The molecule has 1 saturated heterocycles. The van der Waals surface area contributed by atoms with E-state index in [1.54, 1.807) is 6.07 Å². The van der Waals surface area contributed by atoms with Gasteiger partial charge in [-0.3, -0.25) is 4.90 Å². The zero-order valence-corrected chi connectivity index (χ0v) is 12.6. The number of benzene rings is 1. The van der Waals surface area contributed by atoms with E-state index in [0.29, 0.717) is 5.02 Å². The minimum atomic E-state index is -0.455. The van der Waals surface area contributed by atoms with Crippen molar-refractivity contribution in [1.82, 2.24) is 10.2 Å². The molecule has 19 heavy (non-hydrogen) atoms. The number of likely N-dealkylation sites (tertiary alicyclic amines) is 1. The van der Waals surface area contributed by atoms with Crippen LogP contribution in [0.25, 0.3) is 0 Å². The van der Waals surface area contributed by atoms with Crippen molar-refractivity contribution >= 4 is 23.2 Å². The van der Waals surface area contributed by atoms with Gasteiger partial charge in [0.15, 0.2) is 0 Å². The Labute approximate surface area is 123 Å². The van der Waals surface area contributed by atoms with Gasteiger partial charge in [0.25, 0.3) is 0 Å². The molecule has 0 aromatic heterocycles. The van der Waals surface area contributed by atoms with Gasteiger partial charge in [-0.15, -0.1) is 0 Å². The van der Waals surface area contributed by atoms with Crippen LogP contribution < -0.4 is 5.32 Å². The van der Waals surface area contributed by atoms with E-state index in [-0.39, 0.29) is 5.02 Å². The Morgan fingerprint density at radius 2 is 1.95 bits per heavy atom. The highest BCUT2D eigenvalue weighted by atomic mass is 35.5. The summed E-state index contributed by atoms with van der Waals surface area (Å²) in [5, 5.41) is 3.60. The Bertz CT molecular complexity index is 432. The molecule has 0 spiro atoms. The van der Waals surface area contributed by atoms with E-state index in [2.05, 4.69) is 10.2 Å². The van der Waals surface area contributed by atoms with Gasteiger partial charge in [0.05, 0.1) is 10.0 Å². The van der Waals surface area contributed by atoms with E-state index in [1.165, 1.54) is 18.9 Å². The van der Waals surface area contributed by atoms with Gasteiger partial charge in [-0.2, -0.15) is 0 Å². The van der Waals surface area contributed by atoms with Gasteiger partial charge < -0.3 is 5.32 Å². The lowest BCUT2D eigenvalue weighted by Gasteiger charge is -2.32. The van der Waals surface area contributed by atoms with Gasteiger partial charge in [0.2, 0.25) is 0 Å². The van der Waals surface area contributed by atoms with Crippen molar-refractivity contribution in [3.05, 3.63) is 33.6 Å². The third-order valence-corrected chi connectivity index (χ3v) is 4.61. The molecule has 106 valence electrons. The number of hydrogen-bond acceptors (Lipinski definition) is 2. The molecule has 5 heteroatoms. The van der Waals surface area contributed by atoms with E-state index in [1.807, 2.05) is 7.05 Å². The van der Waals surface area contributed by atoms with E-state index in [0.717, 1.165) is 37.7 Å². The molecular weight excluding hydrogens is 286 g/mol. The first-order valence-electron chi connectivity index (χ1n) is 6.61. The Morgan fingerprint density at radius 1 is 1.26 bits per heavy atom. The smallest absolute Gasteiger partial charge is 0.143 e. The predicted molar refractivity (Wildman–Crippen MR) is 78.3 cm³/mol. The zero-order valence-electron chi connectivity index (χ0n) is 11.1. The molecule has 1 aromatic carbocycles. The summed E-state index contributed by atoms with van der Waals surface area (Å²) in [7, 11) is 1.99. The highest BCUT2D eigenvalue weighted by Gasteiger charge is 2.20. The molecule has 0 amide bonds. The van der Waals surface area contributed by atoms with Crippen LogP contribution in [0.15, 0.2) is 12.1 Å². The Balaban J connectivity index is 1.94. The Hall–Kier alpha value is -0.350. The van der Waals surface area contributed by atoms with Gasteiger partial charge in [-0.1, -0.05) is 29.3 Å². The van der Waals surface area contributed by atoms with Gasteiger partial charge in [0, 0.05) is 6.54 Å². The van der Waals surface area contributed by atoms with Crippen LogP contribution in [-0.4, -0.2) is 31.6 Å². The third-order valence-electron chi connectivity index (χ3n) is 3.71. The standard InChI is InChI=1S/C14H19Cl2FN2/c1-18-8-10-4-6-19(7-5-10)9-11-2-3-12(17)14(16)13(11)15/h2-3,10,18H,4-9H2,1H3. The molecule has 0 bridgehead atoms. The minimum absolute atomic E-state index is 0.0317. The molecule has 0 radical (unpaired) electrons. The lowest BCUT2D eigenvalue weighted by atomic mass is 9.96. The van der Waals surface area contributed by atoms with Crippen LogP contribution in [0.3, 0.4) is 0 Å². The number of nitrogens with one attached hydrogen (secondary N) is 1. The van der Waals surface area contributed by atoms with Crippen LogP contribution in [0.2, 0.25) is 10.0 Å². The quantitative estimate of drug-likeness (QED) is 0.856.